The zero-order valence-electron chi connectivity index (χ0n) is 11.6. The first-order valence-electron chi connectivity index (χ1n) is 6.50. The fourth-order valence-corrected chi connectivity index (χ4v) is 1.55. The third-order valence-corrected chi connectivity index (χ3v) is 2.76. The van der Waals surface area contributed by atoms with Crippen molar-refractivity contribution in [1.82, 2.24) is 10.7 Å². The van der Waals surface area contributed by atoms with E-state index in [1.54, 1.807) is 6.21 Å². The largest absolute Gasteiger partial charge is 0.490 e. The second kappa shape index (κ2) is 8.48. The van der Waals surface area contributed by atoms with E-state index in [1.807, 2.05) is 38.1 Å². The number of rotatable bonds is 6. The second-order valence-electron chi connectivity index (χ2n) is 4.10. The van der Waals surface area contributed by atoms with Crippen molar-refractivity contribution in [2.75, 3.05) is 6.54 Å². The van der Waals surface area contributed by atoms with Gasteiger partial charge in [0.15, 0.2) is 5.11 Å². The predicted octanol–water partition coefficient (Wildman–Crippen LogP) is 2.68. The smallest absolute Gasteiger partial charge is 0.186 e. The number of hydrazone groups is 1. The van der Waals surface area contributed by atoms with Crippen molar-refractivity contribution >= 4 is 23.5 Å². The summed E-state index contributed by atoms with van der Waals surface area (Å²) in [5, 5.41) is 7.57. The van der Waals surface area contributed by atoms with Crippen molar-refractivity contribution in [3.8, 4) is 5.75 Å². The lowest BCUT2D eigenvalue weighted by molar-refractivity contribution is 0.217. The van der Waals surface area contributed by atoms with Gasteiger partial charge in [-0.05, 0) is 44.6 Å². The highest BCUT2D eigenvalue weighted by atomic mass is 32.1. The van der Waals surface area contributed by atoms with E-state index in [0.717, 1.165) is 24.3 Å². The normalized spacial score (nSPS) is 12.2. The van der Waals surface area contributed by atoms with Crippen LogP contribution in [0.25, 0.3) is 0 Å². The van der Waals surface area contributed by atoms with Crippen molar-refractivity contribution in [3.05, 3.63) is 29.8 Å². The summed E-state index contributed by atoms with van der Waals surface area (Å²) in [5.41, 5.74) is 3.69. The van der Waals surface area contributed by atoms with Crippen molar-refractivity contribution in [2.45, 2.75) is 33.3 Å². The Hall–Kier alpha value is -1.62. The molecule has 0 amide bonds. The Morgan fingerprint density at radius 1 is 1.42 bits per heavy atom. The van der Waals surface area contributed by atoms with Gasteiger partial charge in [-0.1, -0.05) is 19.1 Å². The average molecular weight is 279 g/mol. The van der Waals surface area contributed by atoms with Crippen LogP contribution >= 0.6 is 12.2 Å². The quantitative estimate of drug-likeness (QED) is 0.477. The van der Waals surface area contributed by atoms with Gasteiger partial charge in [-0.25, -0.2) is 0 Å². The number of para-hydroxylation sites is 1. The van der Waals surface area contributed by atoms with Crippen LogP contribution < -0.4 is 15.5 Å². The molecule has 19 heavy (non-hydrogen) atoms. The molecule has 0 spiro atoms. The van der Waals surface area contributed by atoms with Crippen LogP contribution in [0.4, 0.5) is 0 Å². The lowest BCUT2D eigenvalue weighted by Gasteiger charge is -2.14. The lowest BCUT2D eigenvalue weighted by Crippen LogP contribution is -2.31. The van der Waals surface area contributed by atoms with Gasteiger partial charge in [0.2, 0.25) is 0 Å². The van der Waals surface area contributed by atoms with E-state index >= 15 is 0 Å². The Kier molecular flexibility index (Phi) is 6.89. The number of nitrogens with one attached hydrogen (secondary N) is 2. The monoisotopic (exact) mass is 279 g/mol. The van der Waals surface area contributed by atoms with Crippen LogP contribution in [0.1, 0.15) is 32.8 Å². The maximum Gasteiger partial charge on any atom is 0.186 e. The standard InChI is InChI=1S/C14H21N3OS/c1-4-11(3)18-13-9-7-6-8-12(13)10-16-17-14(19)15-5-2/h6-11H,4-5H2,1-3H3,(H2,15,17,19)/b16-10-/t11-/m0/s1. The molecule has 0 radical (unpaired) electrons. The van der Waals surface area contributed by atoms with Gasteiger partial charge < -0.3 is 10.1 Å². The molecule has 0 heterocycles. The maximum atomic E-state index is 5.83. The van der Waals surface area contributed by atoms with Crippen LogP contribution in [0, 0.1) is 0 Å². The molecule has 0 aliphatic carbocycles. The van der Waals surface area contributed by atoms with Gasteiger partial charge >= 0.3 is 0 Å². The van der Waals surface area contributed by atoms with Crippen LogP contribution in [0.15, 0.2) is 29.4 Å². The van der Waals surface area contributed by atoms with Crippen LogP contribution in [0.2, 0.25) is 0 Å². The van der Waals surface area contributed by atoms with Gasteiger partial charge in [-0.3, -0.25) is 5.43 Å². The molecular weight excluding hydrogens is 258 g/mol. The summed E-state index contributed by atoms with van der Waals surface area (Å²) in [6.07, 6.45) is 2.86. The minimum absolute atomic E-state index is 0.186. The van der Waals surface area contributed by atoms with E-state index in [4.69, 9.17) is 17.0 Å². The number of hydrogen-bond donors (Lipinski definition) is 2. The fraction of sp³-hybridized carbons (Fsp3) is 0.429. The van der Waals surface area contributed by atoms with Crippen LogP contribution in [-0.4, -0.2) is 24.0 Å². The van der Waals surface area contributed by atoms with Crippen LogP contribution in [0.3, 0.4) is 0 Å². The van der Waals surface area contributed by atoms with Crippen molar-refractivity contribution in [2.24, 2.45) is 5.10 Å². The fourth-order valence-electron chi connectivity index (χ4n) is 1.36. The van der Waals surface area contributed by atoms with Crippen LogP contribution in [0.5, 0.6) is 5.75 Å². The number of hydrogen-bond acceptors (Lipinski definition) is 3. The molecule has 0 bridgehead atoms. The molecule has 1 rings (SSSR count). The molecule has 0 saturated heterocycles. The SMILES string of the molecule is CCNC(=S)N/N=C\c1ccccc1O[C@@H](C)CC. The Morgan fingerprint density at radius 2 is 2.16 bits per heavy atom. The Bertz CT molecular complexity index is 434. The minimum atomic E-state index is 0.186. The highest BCUT2D eigenvalue weighted by Gasteiger charge is 2.04. The third-order valence-electron chi connectivity index (χ3n) is 2.53. The number of ether oxygens (including phenoxy) is 1. The van der Waals surface area contributed by atoms with Crippen molar-refractivity contribution < 1.29 is 4.74 Å². The maximum absolute atomic E-state index is 5.83. The molecule has 0 aromatic heterocycles. The van der Waals surface area contributed by atoms with Crippen molar-refractivity contribution in [1.29, 1.82) is 0 Å². The minimum Gasteiger partial charge on any atom is -0.490 e. The first-order chi connectivity index (χ1) is 9.17. The Balaban J connectivity index is 2.67. The van der Waals surface area contributed by atoms with Gasteiger partial charge in [0.05, 0.1) is 12.3 Å². The first-order valence-corrected chi connectivity index (χ1v) is 6.90. The molecule has 0 aliphatic rings. The summed E-state index contributed by atoms with van der Waals surface area (Å²) in [7, 11) is 0. The second-order valence-corrected chi connectivity index (χ2v) is 4.51. The lowest BCUT2D eigenvalue weighted by atomic mass is 10.2. The van der Waals surface area contributed by atoms with Gasteiger partial charge in [-0.15, -0.1) is 0 Å². The summed E-state index contributed by atoms with van der Waals surface area (Å²) >= 11 is 5.02. The van der Waals surface area contributed by atoms with Gasteiger partial charge in [0.25, 0.3) is 0 Å². The molecule has 5 heteroatoms. The molecule has 0 unspecified atom stereocenters. The van der Waals surface area contributed by atoms with Gasteiger partial charge in [0, 0.05) is 12.1 Å². The van der Waals surface area contributed by atoms with E-state index in [2.05, 4.69) is 22.8 Å². The molecule has 2 N–H and O–H groups in total. The molecule has 0 aliphatic heterocycles. The highest BCUT2D eigenvalue weighted by Crippen LogP contribution is 2.18. The van der Waals surface area contributed by atoms with E-state index in [9.17, 15) is 0 Å². The van der Waals surface area contributed by atoms with Crippen molar-refractivity contribution in [3.63, 3.8) is 0 Å². The Labute approximate surface area is 120 Å². The molecular formula is C14H21N3OS. The molecule has 1 aromatic carbocycles. The Morgan fingerprint density at radius 3 is 2.84 bits per heavy atom. The molecule has 104 valence electrons. The van der Waals surface area contributed by atoms with Crippen LogP contribution in [-0.2, 0) is 0 Å². The molecule has 0 fully saturated rings. The zero-order chi connectivity index (χ0) is 14.1. The number of nitrogens with zero attached hydrogens (tertiary/aromatic N) is 1. The molecule has 1 aromatic rings. The first kappa shape index (κ1) is 15.4. The van der Waals surface area contributed by atoms with Gasteiger partial charge in [-0.2, -0.15) is 5.10 Å². The third kappa shape index (κ3) is 5.70. The number of thiocarbonyl (C=S) groups is 1. The summed E-state index contributed by atoms with van der Waals surface area (Å²) in [4.78, 5) is 0. The highest BCUT2D eigenvalue weighted by molar-refractivity contribution is 7.80. The van der Waals surface area contributed by atoms with E-state index < -0.39 is 0 Å². The van der Waals surface area contributed by atoms with E-state index in [-0.39, 0.29) is 6.10 Å². The topological polar surface area (TPSA) is 45.7 Å². The molecule has 1 atom stereocenters. The summed E-state index contributed by atoms with van der Waals surface area (Å²) in [5.74, 6) is 0.830. The molecule has 4 nitrogen and oxygen atoms in total. The summed E-state index contributed by atoms with van der Waals surface area (Å²) in [6, 6.07) is 7.80. The number of benzene rings is 1. The average Bonchev–Trinajstić information content (AvgIpc) is 2.41. The summed E-state index contributed by atoms with van der Waals surface area (Å²) in [6.45, 7) is 6.90. The van der Waals surface area contributed by atoms with E-state index in [1.165, 1.54) is 0 Å². The predicted molar refractivity (Wildman–Crippen MR) is 83.8 cm³/mol. The van der Waals surface area contributed by atoms with Gasteiger partial charge in [0.1, 0.15) is 5.75 Å². The zero-order valence-corrected chi connectivity index (χ0v) is 12.5. The summed E-state index contributed by atoms with van der Waals surface area (Å²) < 4.78 is 5.83. The molecule has 0 saturated carbocycles. The van der Waals surface area contributed by atoms with E-state index in [0.29, 0.717) is 5.11 Å².